The van der Waals surface area contributed by atoms with Crippen molar-refractivity contribution < 1.29 is 24.5 Å². The number of hydrogen-bond donors (Lipinski definition) is 2. The summed E-state index contributed by atoms with van der Waals surface area (Å²) in [5, 5.41) is 18.9. The van der Waals surface area contributed by atoms with Crippen LogP contribution in [0.15, 0.2) is 24.3 Å². The highest BCUT2D eigenvalue weighted by Gasteiger charge is 2.25. The highest BCUT2D eigenvalue weighted by molar-refractivity contribution is 5.77. The number of methoxy groups -OCH3 is 1. The van der Waals surface area contributed by atoms with Crippen LogP contribution in [-0.4, -0.2) is 53.7 Å². The van der Waals surface area contributed by atoms with Gasteiger partial charge in [-0.2, -0.15) is 0 Å². The van der Waals surface area contributed by atoms with E-state index in [0.29, 0.717) is 43.9 Å². The third kappa shape index (κ3) is 6.79. The van der Waals surface area contributed by atoms with Gasteiger partial charge >= 0.3 is 0 Å². The molecule has 0 radical (unpaired) electrons. The molecule has 2 rings (SSSR count). The standard InChI is InChI=1S/C21H33NO5/c1-3-16-10-11-22(20(25)13-16)15-17-7-4-5-9-19(17)27-21(26-2)14-18(24)8-6-12-23/h4-5,7,9,16,18,21,23-24H,3,6,8,10-15H2,1-2H3. The number of benzene rings is 1. The quantitative estimate of drug-likeness (QED) is 0.578. The van der Waals surface area contributed by atoms with E-state index in [9.17, 15) is 9.90 Å². The van der Waals surface area contributed by atoms with Crippen LogP contribution in [0.2, 0.25) is 0 Å². The Labute approximate surface area is 162 Å². The largest absolute Gasteiger partial charge is 0.465 e. The van der Waals surface area contributed by atoms with Gasteiger partial charge in [0.05, 0.1) is 6.10 Å². The van der Waals surface area contributed by atoms with E-state index in [1.54, 1.807) is 7.11 Å². The molecular weight excluding hydrogens is 346 g/mol. The smallest absolute Gasteiger partial charge is 0.223 e. The lowest BCUT2D eigenvalue weighted by atomic mass is 9.93. The number of ether oxygens (including phenoxy) is 2. The van der Waals surface area contributed by atoms with Crippen molar-refractivity contribution in [1.82, 2.24) is 4.90 Å². The summed E-state index contributed by atoms with van der Waals surface area (Å²) in [5.41, 5.74) is 0.938. The van der Waals surface area contributed by atoms with E-state index in [2.05, 4.69) is 6.92 Å². The fourth-order valence-corrected chi connectivity index (χ4v) is 3.41. The highest BCUT2D eigenvalue weighted by Crippen LogP contribution is 2.27. The van der Waals surface area contributed by atoms with Crippen LogP contribution in [0.3, 0.4) is 0 Å². The van der Waals surface area contributed by atoms with Crippen molar-refractivity contribution in [2.45, 2.75) is 64.4 Å². The number of amides is 1. The summed E-state index contributed by atoms with van der Waals surface area (Å²) in [4.78, 5) is 14.3. The minimum Gasteiger partial charge on any atom is -0.465 e. The van der Waals surface area contributed by atoms with Crippen LogP contribution in [0.1, 0.15) is 51.0 Å². The highest BCUT2D eigenvalue weighted by atomic mass is 16.7. The van der Waals surface area contributed by atoms with Crippen molar-refractivity contribution in [2.24, 2.45) is 5.92 Å². The van der Waals surface area contributed by atoms with Crippen LogP contribution < -0.4 is 4.74 Å². The van der Waals surface area contributed by atoms with Gasteiger partial charge in [0.25, 0.3) is 0 Å². The van der Waals surface area contributed by atoms with Gasteiger partial charge in [-0.15, -0.1) is 0 Å². The van der Waals surface area contributed by atoms with Crippen molar-refractivity contribution in [1.29, 1.82) is 0 Å². The van der Waals surface area contributed by atoms with Gasteiger partial charge in [0.2, 0.25) is 12.2 Å². The molecule has 3 unspecified atom stereocenters. The zero-order chi connectivity index (χ0) is 19.6. The monoisotopic (exact) mass is 379 g/mol. The molecule has 1 heterocycles. The molecule has 1 amide bonds. The van der Waals surface area contributed by atoms with E-state index in [1.165, 1.54) is 0 Å². The third-order valence-corrected chi connectivity index (χ3v) is 5.22. The number of aliphatic hydroxyl groups is 2. The van der Waals surface area contributed by atoms with Crippen LogP contribution in [0.5, 0.6) is 5.75 Å². The Kier molecular flexibility index (Phi) is 9.04. The van der Waals surface area contributed by atoms with Crippen molar-refractivity contribution in [3.63, 3.8) is 0 Å². The Morgan fingerprint density at radius 3 is 2.78 bits per heavy atom. The van der Waals surface area contributed by atoms with Crippen LogP contribution in [0.4, 0.5) is 0 Å². The fraction of sp³-hybridized carbons (Fsp3) is 0.667. The summed E-state index contributed by atoms with van der Waals surface area (Å²) >= 11 is 0. The molecule has 0 aliphatic carbocycles. The molecule has 0 saturated carbocycles. The first kappa shape index (κ1) is 21.7. The summed E-state index contributed by atoms with van der Waals surface area (Å²) in [7, 11) is 1.55. The maximum absolute atomic E-state index is 12.4. The molecule has 1 saturated heterocycles. The Balaban J connectivity index is 1.99. The van der Waals surface area contributed by atoms with Gasteiger partial charge in [-0.05, 0) is 31.2 Å². The second kappa shape index (κ2) is 11.3. The minimum absolute atomic E-state index is 0.0567. The molecule has 1 aromatic rings. The van der Waals surface area contributed by atoms with Gasteiger partial charge in [-0.1, -0.05) is 31.5 Å². The average molecular weight is 379 g/mol. The van der Waals surface area contributed by atoms with Crippen LogP contribution in [0.25, 0.3) is 0 Å². The molecule has 27 heavy (non-hydrogen) atoms. The Bertz CT molecular complexity index is 579. The average Bonchev–Trinajstić information content (AvgIpc) is 2.68. The van der Waals surface area contributed by atoms with Crippen LogP contribution in [-0.2, 0) is 16.1 Å². The second-order valence-electron chi connectivity index (χ2n) is 7.23. The molecule has 6 heteroatoms. The van der Waals surface area contributed by atoms with E-state index >= 15 is 0 Å². The van der Waals surface area contributed by atoms with Gasteiger partial charge in [0.15, 0.2) is 0 Å². The molecule has 1 aliphatic rings. The number of carbonyl (C=O) groups excluding carboxylic acids is 1. The van der Waals surface area contributed by atoms with Gasteiger partial charge in [0, 0.05) is 45.2 Å². The molecule has 0 aromatic heterocycles. The predicted octanol–water partition coefficient (Wildman–Crippen LogP) is 2.71. The van der Waals surface area contributed by atoms with Crippen LogP contribution in [0, 0.1) is 5.92 Å². The lowest BCUT2D eigenvalue weighted by molar-refractivity contribution is -0.135. The summed E-state index contributed by atoms with van der Waals surface area (Å²) in [6, 6.07) is 7.65. The normalized spacial score (nSPS) is 19.8. The molecule has 152 valence electrons. The SMILES string of the molecule is CCC1CCN(Cc2ccccc2OC(CC(O)CCCO)OC)C(=O)C1. The molecule has 0 bridgehead atoms. The molecule has 1 aliphatic heterocycles. The summed E-state index contributed by atoms with van der Waals surface area (Å²) in [6.07, 6.45) is 2.91. The van der Waals surface area contributed by atoms with E-state index < -0.39 is 12.4 Å². The minimum atomic E-state index is -0.594. The molecular formula is C21H33NO5. The first-order chi connectivity index (χ1) is 13.1. The molecule has 2 N–H and O–H groups in total. The number of hydrogen-bond acceptors (Lipinski definition) is 5. The number of nitrogens with zero attached hydrogens (tertiary/aromatic N) is 1. The first-order valence-corrected chi connectivity index (χ1v) is 9.91. The maximum atomic E-state index is 12.4. The molecule has 0 spiro atoms. The van der Waals surface area contributed by atoms with Gasteiger partial charge < -0.3 is 24.6 Å². The van der Waals surface area contributed by atoms with Gasteiger partial charge in [0.1, 0.15) is 5.75 Å². The molecule has 1 fully saturated rings. The predicted molar refractivity (Wildman–Crippen MR) is 103 cm³/mol. The summed E-state index contributed by atoms with van der Waals surface area (Å²) in [5.74, 6) is 1.37. The third-order valence-electron chi connectivity index (χ3n) is 5.22. The fourth-order valence-electron chi connectivity index (χ4n) is 3.41. The van der Waals surface area contributed by atoms with Gasteiger partial charge in [-0.3, -0.25) is 4.79 Å². The summed E-state index contributed by atoms with van der Waals surface area (Å²) in [6.45, 7) is 3.49. The number of aliphatic hydroxyl groups excluding tert-OH is 2. The van der Waals surface area contributed by atoms with E-state index in [0.717, 1.165) is 24.9 Å². The molecule has 6 nitrogen and oxygen atoms in total. The van der Waals surface area contributed by atoms with Crippen molar-refractivity contribution in [2.75, 3.05) is 20.3 Å². The van der Waals surface area contributed by atoms with Crippen molar-refractivity contribution in [3.8, 4) is 5.75 Å². The summed E-state index contributed by atoms with van der Waals surface area (Å²) < 4.78 is 11.4. The Hall–Kier alpha value is -1.63. The molecule has 1 aromatic carbocycles. The van der Waals surface area contributed by atoms with Crippen LogP contribution >= 0.6 is 0 Å². The number of carbonyl (C=O) groups is 1. The maximum Gasteiger partial charge on any atom is 0.223 e. The zero-order valence-electron chi connectivity index (χ0n) is 16.5. The van der Waals surface area contributed by atoms with Crippen molar-refractivity contribution in [3.05, 3.63) is 29.8 Å². The number of piperidine rings is 1. The first-order valence-electron chi connectivity index (χ1n) is 9.91. The zero-order valence-corrected chi connectivity index (χ0v) is 16.5. The lowest BCUT2D eigenvalue weighted by Crippen LogP contribution is -2.38. The Morgan fingerprint density at radius 1 is 1.33 bits per heavy atom. The van der Waals surface area contributed by atoms with E-state index in [-0.39, 0.29) is 12.5 Å². The lowest BCUT2D eigenvalue weighted by Gasteiger charge is -2.32. The number of para-hydroxylation sites is 1. The Morgan fingerprint density at radius 2 is 2.11 bits per heavy atom. The number of likely N-dealkylation sites (tertiary alicyclic amines) is 1. The van der Waals surface area contributed by atoms with Crippen molar-refractivity contribution >= 4 is 5.91 Å². The molecule has 3 atom stereocenters. The topological polar surface area (TPSA) is 79.2 Å². The van der Waals surface area contributed by atoms with E-state index in [1.807, 2.05) is 29.2 Å². The van der Waals surface area contributed by atoms with Gasteiger partial charge in [-0.25, -0.2) is 0 Å². The number of rotatable bonds is 11. The van der Waals surface area contributed by atoms with E-state index in [4.69, 9.17) is 14.6 Å². The second-order valence-corrected chi connectivity index (χ2v) is 7.23.